The van der Waals surface area contributed by atoms with E-state index < -0.39 is 10.4 Å². The summed E-state index contributed by atoms with van der Waals surface area (Å²) in [5, 5.41) is 3.20. The minimum absolute atomic E-state index is 0.641. The van der Waals surface area contributed by atoms with Crippen LogP contribution < -0.4 is 0 Å². The molecular formula is C12H8ClNOS. The van der Waals surface area contributed by atoms with E-state index in [0.29, 0.717) is 4.90 Å². The van der Waals surface area contributed by atoms with E-state index >= 15 is 0 Å². The number of benzene rings is 2. The van der Waals surface area contributed by atoms with Gasteiger partial charge in [-0.1, -0.05) is 30.3 Å². The lowest BCUT2D eigenvalue weighted by atomic mass is 10.1. The number of nitrogens with one attached hydrogen (secondary N) is 1. The molecule has 1 heterocycles. The number of aromatic nitrogens is 1. The summed E-state index contributed by atoms with van der Waals surface area (Å²) >= 11 is 0. The Kier molecular flexibility index (Phi) is 2.32. The molecule has 2 nitrogen and oxygen atoms in total. The van der Waals surface area contributed by atoms with Gasteiger partial charge in [0.05, 0.1) is 17.1 Å². The number of H-pyrrole nitrogens is 1. The lowest BCUT2D eigenvalue weighted by Crippen LogP contribution is -1.87. The highest BCUT2D eigenvalue weighted by atomic mass is 35.7. The van der Waals surface area contributed by atoms with E-state index in [2.05, 4.69) is 4.98 Å². The molecule has 1 unspecified atom stereocenters. The normalized spacial score (nSPS) is 13.4. The maximum absolute atomic E-state index is 11.3. The monoisotopic (exact) mass is 249 g/mol. The van der Waals surface area contributed by atoms with Gasteiger partial charge in [0.25, 0.3) is 0 Å². The predicted molar refractivity (Wildman–Crippen MR) is 68.1 cm³/mol. The van der Waals surface area contributed by atoms with Crippen LogP contribution in [0.15, 0.2) is 47.5 Å². The van der Waals surface area contributed by atoms with Crippen LogP contribution in [0.3, 0.4) is 0 Å². The zero-order chi connectivity index (χ0) is 11.1. The molecule has 80 valence electrons. The molecule has 3 aromatic rings. The average Bonchev–Trinajstić information content (AvgIpc) is 2.73. The third kappa shape index (κ3) is 1.40. The van der Waals surface area contributed by atoms with Gasteiger partial charge in [0.15, 0.2) is 15.6 Å². The molecular weight excluding hydrogens is 242 g/mol. The van der Waals surface area contributed by atoms with Crippen LogP contribution in [0.1, 0.15) is 0 Å². The maximum atomic E-state index is 11.3. The van der Waals surface area contributed by atoms with Crippen molar-refractivity contribution in [1.82, 2.24) is 4.98 Å². The van der Waals surface area contributed by atoms with Crippen molar-refractivity contribution >= 4 is 42.7 Å². The lowest BCUT2D eigenvalue weighted by molar-refractivity contribution is 0.609. The largest absolute Gasteiger partial charge is 0.594 e. The van der Waals surface area contributed by atoms with Gasteiger partial charge in [-0.3, -0.25) is 0 Å². The molecule has 3 rings (SSSR count). The molecule has 4 heteroatoms. The zero-order valence-corrected chi connectivity index (χ0v) is 9.81. The number of halogens is 1. The van der Waals surface area contributed by atoms with E-state index in [1.54, 1.807) is 6.20 Å². The molecule has 0 bridgehead atoms. The molecule has 0 fully saturated rings. The van der Waals surface area contributed by atoms with Crippen molar-refractivity contribution < 1.29 is 4.55 Å². The van der Waals surface area contributed by atoms with E-state index in [0.717, 1.165) is 21.7 Å². The Bertz CT molecular complexity index is 662. The Labute approximate surface area is 99.9 Å². The van der Waals surface area contributed by atoms with E-state index in [9.17, 15) is 4.55 Å². The summed E-state index contributed by atoms with van der Waals surface area (Å²) in [6.45, 7) is 0. The first kappa shape index (κ1) is 10.0. The molecule has 0 radical (unpaired) electrons. The van der Waals surface area contributed by atoms with Crippen molar-refractivity contribution in [3.05, 3.63) is 42.6 Å². The van der Waals surface area contributed by atoms with Crippen molar-refractivity contribution in [3.8, 4) is 0 Å². The van der Waals surface area contributed by atoms with Gasteiger partial charge in [-0.05, 0) is 11.5 Å². The van der Waals surface area contributed by atoms with Gasteiger partial charge >= 0.3 is 0 Å². The lowest BCUT2D eigenvalue weighted by Gasteiger charge is -2.00. The van der Waals surface area contributed by atoms with Gasteiger partial charge in [-0.15, -0.1) is 0 Å². The molecule has 0 spiro atoms. The molecule has 16 heavy (non-hydrogen) atoms. The van der Waals surface area contributed by atoms with Crippen LogP contribution in [-0.2, 0) is 10.4 Å². The van der Waals surface area contributed by atoms with Gasteiger partial charge in [0.2, 0.25) is 0 Å². The molecule has 1 N–H and O–H groups in total. The molecule has 0 aliphatic rings. The third-order valence-electron chi connectivity index (χ3n) is 2.71. The second kappa shape index (κ2) is 3.70. The molecule has 0 saturated heterocycles. The number of rotatable bonds is 1. The minimum atomic E-state index is -1.47. The van der Waals surface area contributed by atoms with E-state index in [4.69, 9.17) is 10.7 Å². The molecule has 0 aliphatic heterocycles. The number of hydrogen-bond donors (Lipinski definition) is 1. The summed E-state index contributed by atoms with van der Waals surface area (Å²) in [6, 6.07) is 12.0. The van der Waals surface area contributed by atoms with Crippen molar-refractivity contribution in [2.45, 2.75) is 4.90 Å². The quantitative estimate of drug-likeness (QED) is 0.658. The Morgan fingerprint density at radius 1 is 1.06 bits per heavy atom. The topological polar surface area (TPSA) is 38.8 Å². The van der Waals surface area contributed by atoms with Crippen LogP contribution in [0, 0.1) is 0 Å². The molecule has 2 aromatic carbocycles. The Morgan fingerprint density at radius 2 is 1.88 bits per heavy atom. The van der Waals surface area contributed by atoms with Crippen LogP contribution >= 0.6 is 10.7 Å². The molecule has 1 aromatic heterocycles. The zero-order valence-electron chi connectivity index (χ0n) is 8.24. The van der Waals surface area contributed by atoms with Gasteiger partial charge < -0.3 is 9.54 Å². The van der Waals surface area contributed by atoms with Crippen LogP contribution in [-0.4, -0.2) is 9.54 Å². The SMILES string of the molecule is [O-][S+](Cl)c1c[nH]c2c1ccc1ccccc12. The van der Waals surface area contributed by atoms with Crippen LogP contribution in [0.5, 0.6) is 0 Å². The second-order valence-corrected chi connectivity index (χ2v) is 5.31. The fourth-order valence-electron chi connectivity index (χ4n) is 1.98. The Balaban J connectivity index is 2.45. The minimum Gasteiger partial charge on any atom is -0.594 e. The van der Waals surface area contributed by atoms with E-state index in [1.807, 2.05) is 36.4 Å². The summed E-state index contributed by atoms with van der Waals surface area (Å²) < 4.78 is 11.3. The first-order valence-electron chi connectivity index (χ1n) is 4.84. The van der Waals surface area contributed by atoms with Crippen LogP contribution in [0.2, 0.25) is 0 Å². The van der Waals surface area contributed by atoms with Crippen LogP contribution in [0.4, 0.5) is 0 Å². The first-order valence-corrected chi connectivity index (χ1v) is 6.82. The van der Waals surface area contributed by atoms with Gasteiger partial charge in [-0.2, -0.15) is 0 Å². The standard InChI is InChI=1S/C12H8ClNOS/c13-16(15)11-7-14-12-9-4-2-1-3-8(9)5-6-10(11)12/h1-7,14H. The Morgan fingerprint density at radius 3 is 2.69 bits per heavy atom. The second-order valence-electron chi connectivity index (χ2n) is 3.59. The summed E-state index contributed by atoms with van der Waals surface area (Å²) in [7, 11) is 4.15. The van der Waals surface area contributed by atoms with E-state index in [-0.39, 0.29) is 0 Å². The molecule has 0 aliphatic carbocycles. The predicted octanol–water partition coefficient (Wildman–Crippen LogP) is 3.58. The number of hydrogen-bond acceptors (Lipinski definition) is 1. The fourth-order valence-corrected chi connectivity index (χ4v) is 2.86. The smallest absolute Gasteiger partial charge is 0.198 e. The van der Waals surface area contributed by atoms with Gasteiger partial charge in [0.1, 0.15) is 10.4 Å². The summed E-state index contributed by atoms with van der Waals surface area (Å²) in [6.07, 6.45) is 1.71. The highest BCUT2D eigenvalue weighted by Crippen LogP contribution is 2.30. The third-order valence-corrected chi connectivity index (χ3v) is 3.90. The molecule has 0 saturated carbocycles. The fraction of sp³-hybridized carbons (Fsp3) is 0. The number of fused-ring (bicyclic) bond motifs is 3. The van der Waals surface area contributed by atoms with Crippen molar-refractivity contribution in [1.29, 1.82) is 0 Å². The highest BCUT2D eigenvalue weighted by molar-refractivity contribution is 8.14. The maximum Gasteiger partial charge on any atom is 0.198 e. The molecule has 0 amide bonds. The highest BCUT2D eigenvalue weighted by Gasteiger charge is 2.16. The molecule has 1 atom stereocenters. The average molecular weight is 250 g/mol. The van der Waals surface area contributed by atoms with E-state index in [1.165, 1.54) is 0 Å². The Hall–Kier alpha value is -1.16. The van der Waals surface area contributed by atoms with Crippen molar-refractivity contribution in [2.24, 2.45) is 0 Å². The number of aromatic amines is 1. The van der Waals surface area contributed by atoms with Crippen molar-refractivity contribution in [3.63, 3.8) is 0 Å². The summed E-state index contributed by atoms with van der Waals surface area (Å²) in [5.41, 5.74) is 0.988. The van der Waals surface area contributed by atoms with Crippen molar-refractivity contribution in [2.75, 3.05) is 0 Å². The van der Waals surface area contributed by atoms with Gasteiger partial charge in [0, 0.05) is 5.39 Å². The first-order chi connectivity index (χ1) is 7.77. The van der Waals surface area contributed by atoms with Crippen LogP contribution in [0.25, 0.3) is 21.7 Å². The summed E-state index contributed by atoms with van der Waals surface area (Å²) in [4.78, 5) is 3.78. The summed E-state index contributed by atoms with van der Waals surface area (Å²) in [5.74, 6) is 0. The van der Waals surface area contributed by atoms with Gasteiger partial charge in [-0.25, -0.2) is 0 Å².